The highest BCUT2D eigenvalue weighted by Crippen LogP contribution is 2.17. The first kappa shape index (κ1) is 11.3. The van der Waals surface area contributed by atoms with Crippen LogP contribution in [-0.4, -0.2) is 21.9 Å². The zero-order valence-electron chi connectivity index (χ0n) is 8.34. The fourth-order valence-electron chi connectivity index (χ4n) is 1.14. The van der Waals surface area contributed by atoms with Gasteiger partial charge >= 0.3 is 5.76 Å². The SMILES string of the molecule is COCc1nn(Cc2cnc(Cl)s2)c(=O)o1. The zero-order valence-corrected chi connectivity index (χ0v) is 9.92. The summed E-state index contributed by atoms with van der Waals surface area (Å²) < 4.78 is 11.3. The van der Waals surface area contributed by atoms with Gasteiger partial charge in [0.05, 0.1) is 6.54 Å². The van der Waals surface area contributed by atoms with E-state index in [9.17, 15) is 4.79 Å². The lowest BCUT2D eigenvalue weighted by Gasteiger charge is -1.92. The number of halogens is 1. The smallest absolute Gasteiger partial charge is 0.390 e. The maximum atomic E-state index is 11.4. The van der Waals surface area contributed by atoms with Crippen molar-refractivity contribution in [2.75, 3.05) is 7.11 Å². The summed E-state index contributed by atoms with van der Waals surface area (Å²) in [6, 6.07) is 0. The Morgan fingerprint density at radius 3 is 3.12 bits per heavy atom. The van der Waals surface area contributed by atoms with Gasteiger partial charge in [-0.1, -0.05) is 11.6 Å². The summed E-state index contributed by atoms with van der Waals surface area (Å²) in [6.45, 7) is 0.474. The van der Waals surface area contributed by atoms with Crippen LogP contribution in [0.3, 0.4) is 0 Å². The van der Waals surface area contributed by atoms with Crippen molar-refractivity contribution in [2.24, 2.45) is 0 Å². The predicted octanol–water partition coefficient (Wildman–Crippen LogP) is 1.14. The Labute approximate surface area is 99.4 Å². The molecule has 0 radical (unpaired) electrons. The molecule has 2 aromatic heterocycles. The highest BCUT2D eigenvalue weighted by atomic mass is 35.5. The molecule has 0 saturated carbocycles. The molecule has 2 rings (SSSR count). The topological polar surface area (TPSA) is 70.2 Å². The summed E-state index contributed by atoms with van der Waals surface area (Å²) in [5, 5.41) is 3.95. The van der Waals surface area contributed by atoms with Crippen molar-refractivity contribution in [3.05, 3.63) is 32.0 Å². The minimum Gasteiger partial charge on any atom is -0.390 e. The molecule has 0 fully saturated rings. The summed E-state index contributed by atoms with van der Waals surface area (Å²) in [5.74, 6) is -0.264. The molecule has 6 nitrogen and oxygen atoms in total. The van der Waals surface area contributed by atoms with E-state index in [0.717, 1.165) is 4.88 Å². The van der Waals surface area contributed by atoms with E-state index >= 15 is 0 Å². The predicted molar refractivity (Wildman–Crippen MR) is 57.7 cm³/mol. The van der Waals surface area contributed by atoms with Crippen LogP contribution in [0.25, 0.3) is 0 Å². The molecule has 0 saturated heterocycles. The van der Waals surface area contributed by atoms with E-state index in [0.29, 0.717) is 11.0 Å². The molecular weight excluding hydrogens is 254 g/mol. The molecule has 2 aromatic rings. The van der Waals surface area contributed by atoms with E-state index in [1.54, 1.807) is 6.20 Å². The van der Waals surface area contributed by atoms with Crippen molar-refractivity contribution >= 4 is 22.9 Å². The average Bonchev–Trinajstić information content (AvgIpc) is 2.76. The summed E-state index contributed by atoms with van der Waals surface area (Å²) in [5.41, 5.74) is 0. The van der Waals surface area contributed by atoms with Gasteiger partial charge in [0.15, 0.2) is 4.47 Å². The minimum atomic E-state index is -0.517. The number of hydrogen-bond donors (Lipinski definition) is 0. The number of hydrogen-bond acceptors (Lipinski definition) is 6. The third kappa shape index (κ3) is 2.49. The van der Waals surface area contributed by atoms with Gasteiger partial charge in [-0.2, -0.15) is 4.68 Å². The normalized spacial score (nSPS) is 10.9. The van der Waals surface area contributed by atoms with Gasteiger partial charge in [-0.3, -0.25) is 0 Å². The Bertz CT molecular complexity index is 533. The van der Waals surface area contributed by atoms with Crippen molar-refractivity contribution in [3.63, 3.8) is 0 Å². The quantitative estimate of drug-likeness (QED) is 0.825. The molecule has 86 valence electrons. The van der Waals surface area contributed by atoms with Crippen molar-refractivity contribution in [2.45, 2.75) is 13.2 Å². The van der Waals surface area contributed by atoms with Crippen LogP contribution in [0.2, 0.25) is 4.47 Å². The van der Waals surface area contributed by atoms with Crippen molar-refractivity contribution in [1.82, 2.24) is 14.8 Å². The molecule has 16 heavy (non-hydrogen) atoms. The van der Waals surface area contributed by atoms with Gasteiger partial charge in [0.2, 0.25) is 5.89 Å². The Morgan fingerprint density at radius 1 is 1.69 bits per heavy atom. The summed E-state index contributed by atoms with van der Waals surface area (Å²) in [4.78, 5) is 16.1. The third-order valence-electron chi connectivity index (χ3n) is 1.75. The molecule has 0 spiro atoms. The second-order valence-corrected chi connectivity index (χ2v) is 4.63. The lowest BCUT2D eigenvalue weighted by molar-refractivity contribution is 0.158. The largest absolute Gasteiger partial charge is 0.437 e. The first-order chi connectivity index (χ1) is 7.69. The van der Waals surface area contributed by atoms with Gasteiger partial charge < -0.3 is 9.15 Å². The van der Waals surface area contributed by atoms with Gasteiger partial charge in [-0.05, 0) is 0 Å². The number of methoxy groups -OCH3 is 1. The van der Waals surface area contributed by atoms with E-state index < -0.39 is 5.76 Å². The summed E-state index contributed by atoms with van der Waals surface area (Å²) >= 11 is 6.97. The second-order valence-electron chi connectivity index (χ2n) is 2.93. The lowest BCUT2D eigenvalue weighted by atomic mass is 10.5. The van der Waals surface area contributed by atoms with Gasteiger partial charge in [0.1, 0.15) is 6.61 Å². The molecule has 0 bridgehead atoms. The van der Waals surface area contributed by atoms with Crippen LogP contribution in [0.1, 0.15) is 10.8 Å². The number of nitrogens with zero attached hydrogens (tertiary/aromatic N) is 3. The van der Waals surface area contributed by atoms with Crippen LogP contribution in [0.5, 0.6) is 0 Å². The molecule has 0 aliphatic heterocycles. The zero-order chi connectivity index (χ0) is 11.5. The van der Waals surface area contributed by atoms with Gasteiger partial charge in [0, 0.05) is 18.2 Å². The van der Waals surface area contributed by atoms with Crippen LogP contribution in [-0.2, 0) is 17.9 Å². The molecule has 0 aliphatic rings. The Morgan fingerprint density at radius 2 is 2.50 bits per heavy atom. The van der Waals surface area contributed by atoms with Crippen LogP contribution in [0, 0.1) is 0 Å². The molecule has 0 aliphatic carbocycles. The standard InChI is InChI=1S/C8H8ClN3O3S/c1-14-4-6-11-12(8(13)15-6)3-5-2-10-7(9)16-5/h2H,3-4H2,1H3. The van der Waals surface area contributed by atoms with Crippen molar-refractivity contribution in [3.8, 4) is 0 Å². The Balaban J connectivity index is 2.18. The summed E-state index contributed by atoms with van der Waals surface area (Å²) in [7, 11) is 1.50. The molecule has 0 N–H and O–H groups in total. The average molecular weight is 262 g/mol. The Hall–Kier alpha value is -1.18. The van der Waals surface area contributed by atoms with Crippen molar-refractivity contribution < 1.29 is 9.15 Å². The van der Waals surface area contributed by atoms with Gasteiger partial charge in [-0.25, -0.2) is 9.78 Å². The molecule has 2 heterocycles. The van der Waals surface area contributed by atoms with E-state index in [1.165, 1.54) is 23.1 Å². The number of rotatable bonds is 4. The first-order valence-electron chi connectivity index (χ1n) is 4.35. The van der Waals surface area contributed by atoms with E-state index in [2.05, 4.69) is 10.1 Å². The lowest BCUT2D eigenvalue weighted by Crippen LogP contribution is -2.15. The molecule has 8 heteroatoms. The van der Waals surface area contributed by atoms with E-state index in [-0.39, 0.29) is 12.5 Å². The van der Waals surface area contributed by atoms with Crippen LogP contribution >= 0.6 is 22.9 Å². The number of thiazole rings is 1. The van der Waals surface area contributed by atoms with Crippen LogP contribution in [0.15, 0.2) is 15.4 Å². The number of aromatic nitrogens is 3. The third-order valence-corrected chi connectivity index (χ3v) is 2.85. The van der Waals surface area contributed by atoms with Crippen LogP contribution < -0.4 is 5.76 Å². The monoisotopic (exact) mass is 261 g/mol. The molecule has 0 unspecified atom stereocenters. The molecule has 0 atom stereocenters. The molecule has 0 aromatic carbocycles. The fourth-order valence-corrected chi connectivity index (χ4v) is 2.10. The highest BCUT2D eigenvalue weighted by molar-refractivity contribution is 7.15. The molecule has 0 amide bonds. The minimum absolute atomic E-state index is 0.172. The maximum absolute atomic E-state index is 11.4. The maximum Gasteiger partial charge on any atom is 0.437 e. The Kier molecular flexibility index (Phi) is 3.37. The molecular formula is C8H8ClN3O3S. The summed E-state index contributed by atoms with van der Waals surface area (Å²) in [6.07, 6.45) is 1.60. The fraction of sp³-hybridized carbons (Fsp3) is 0.375. The van der Waals surface area contributed by atoms with Gasteiger partial charge in [0.25, 0.3) is 0 Å². The van der Waals surface area contributed by atoms with Crippen LogP contribution in [0.4, 0.5) is 0 Å². The number of ether oxygens (including phenoxy) is 1. The van der Waals surface area contributed by atoms with E-state index in [1.807, 2.05) is 0 Å². The second kappa shape index (κ2) is 4.77. The van der Waals surface area contributed by atoms with Crippen molar-refractivity contribution in [1.29, 1.82) is 0 Å². The van der Waals surface area contributed by atoms with Gasteiger partial charge in [-0.15, -0.1) is 16.4 Å². The van der Waals surface area contributed by atoms with E-state index in [4.69, 9.17) is 20.8 Å². The highest BCUT2D eigenvalue weighted by Gasteiger charge is 2.09. The first-order valence-corrected chi connectivity index (χ1v) is 5.54.